The zero-order valence-electron chi connectivity index (χ0n) is 11.5. The summed E-state index contributed by atoms with van der Waals surface area (Å²) in [6, 6.07) is 0.538. The number of hydrogen-bond donors (Lipinski definition) is 2. The average molecular weight is 240 g/mol. The Morgan fingerprint density at radius 2 is 2.00 bits per heavy atom. The highest BCUT2D eigenvalue weighted by Crippen LogP contribution is 2.25. The van der Waals surface area contributed by atoms with Crippen LogP contribution >= 0.6 is 0 Å². The fraction of sp³-hybridized carbons (Fsp3) is 0.929. The summed E-state index contributed by atoms with van der Waals surface area (Å²) in [5, 5.41) is 3.14. The van der Waals surface area contributed by atoms with Crippen LogP contribution in [0.3, 0.4) is 0 Å². The molecule has 1 saturated carbocycles. The van der Waals surface area contributed by atoms with Crippen molar-refractivity contribution in [3.05, 3.63) is 0 Å². The van der Waals surface area contributed by atoms with Crippen molar-refractivity contribution < 1.29 is 4.79 Å². The van der Waals surface area contributed by atoms with E-state index in [1.54, 1.807) is 0 Å². The Labute approximate surface area is 106 Å². The van der Waals surface area contributed by atoms with E-state index in [2.05, 4.69) is 26.1 Å². The molecule has 100 valence electrons. The van der Waals surface area contributed by atoms with E-state index in [0.717, 1.165) is 19.3 Å². The minimum atomic E-state index is 0.188. The van der Waals surface area contributed by atoms with Crippen molar-refractivity contribution in [1.82, 2.24) is 5.32 Å². The van der Waals surface area contributed by atoms with E-state index < -0.39 is 0 Å². The first-order valence-corrected chi connectivity index (χ1v) is 7.09. The van der Waals surface area contributed by atoms with Crippen LogP contribution in [0.25, 0.3) is 0 Å². The Morgan fingerprint density at radius 1 is 1.35 bits per heavy atom. The molecule has 0 aromatic rings. The molecule has 0 bridgehead atoms. The molecule has 3 nitrogen and oxygen atoms in total. The lowest BCUT2D eigenvalue weighted by molar-refractivity contribution is -0.123. The van der Waals surface area contributed by atoms with Gasteiger partial charge >= 0.3 is 0 Å². The number of amides is 1. The molecule has 0 aliphatic heterocycles. The fourth-order valence-electron chi connectivity index (χ4n) is 2.73. The topological polar surface area (TPSA) is 55.1 Å². The van der Waals surface area contributed by atoms with Gasteiger partial charge in [0.2, 0.25) is 5.91 Å². The Morgan fingerprint density at radius 3 is 2.53 bits per heavy atom. The average Bonchev–Trinajstić information content (AvgIpc) is 2.28. The highest BCUT2D eigenvalue weighted by Gasteiger charge is 2.25. The van der Waals surface area contributed by atoms with Gasteiger partial charge in [-0.05, 0) is 31.1 Å². The third kappa shape index (κ3) is 4.66. The van der Waals surface area contributed by atoms with E-state index >= 15 is 0 Å². The summed E-state index contributed by atoms with van der Waals surface area (Å²) in [4.78, 5) is 12.0. The second-order valence-corrected chi connectivity index (χ2v) is 5.74. The number of carbonyl (C=O) groups excluding carboxylic acids is 1. The van der Waals surface area contributed by atoms with Gasteiger partial charge in [0.15, 0.2) is 0 Å². The number of rotatable bonds is 5. The van der Waals surface area contributed by atoms with Gasteiger partial charge in [0.05, 0.1) is 0 Å². The molecule has 3 atom stereocenters. The van der Waals surface area contributed by atoms with Crippen LogP contribution in [-0.4, -0.2) is 18.0 Å². The van der Waals surface area contributed by atoms with Gasteiger partial charge in [0.1, 0.15) is 0 Å². The van der Waals surface area contributed by atoms with Gasteiger partial charge in [-0.2, -0.15) is 0 Å². The molecular weight excluding hydrogens is 212 g/mol. The lowest BCUT2D eigenvalue weighted by atomic mass is 9.82. The van der Waals surface area contributed by atoms with Crippen LogP contribution < -0.4 is 11.1 Å². The van der Waals surface area contributed by atoms with Crippen LogP contribution in [0.2, 0.25) is 0 Å². The summed E-state index contributed by atoms with van der Waals surface area (Å²) in [6.45, 7) is 6.43. The second-order valence-electron chi connectivity index (χ2n) is 5.74. The van der Waals surface area contributed by atoms with Gasteiger partial charge in [-0.25, -0.2) is 0 Å². The largest absolute Gasteiger partial charge is 0.353 e. The van der Waals surface area contributed by atoms with Crippen LogP contribution in [-0.2, 0) is 4.79 Å². The van der Waals surface area contributed by atoms with E-state index in [1.807, 2.05) is 0 Å². The quantitative estimate of drug-likeness (QED) is 0.775. The van der Waals surface area contributed by atoms with Gasteiger partial charge < -0.3 is 11.1 Å². The Hall–Kier alpha value is -0.570. The third-order valence-corrected chi connectivity index (χ3v) is 4.01. The van der Waals surface area contributed by atoms with Crippen molar-refractivity contribution >= 4 is 5.91 Å². The summed E-state index contributed by atoms with van der Waals surface area (Å²) in [6.07, 6.45) is 6.27. The van der Waals surface area contributed by atoms with Crippen LogP contribution in [0.15, 0.2) is 0 Å². The highest BCUT2D eigenvalue weighted by molar-refractivity contribution is 5.76. The fourth-order valence-corrected chi connectivity index (χ4v) is 2.73. The van der Waals surface area contributed by atoms with Crippen molar-refractivity contribution in [3.8, 4) is 0 Å². The van der Waals surface area contributed by atoms with Crippen molar-refractivity contribution in [3.63, 3.8) is 0 Å². The van der Waals surface area contributed by atoms with Gasteiger partial charge in [0, 0.05) is 18.5 Å². The molecule has 0 radical (unpaired) electrons. The molecule has 0 spiro atoms. The molecule has 1 aliphatic carbocycles. The van der Waals surface area contributed by atoms with Crippen LogP contribution in [0.5, 0.6) is 0 Å². The molecule has 0 heterocycles. The number of hydrogen-bond acceptors (Lipinski definition) is 2. The zero-order chi connectivity index (χ0) is 12.8. The molecule has 1 fully saturated rings. The summed E-state index contributed by atoms with van der Waals surface area (Å²) in [5.74, 6) is 1.09. The number of nitrogens with two attached hydrogens (primary N) is 1. The van der Waals surface area contributed by atoms with Crippen LogP contribution in [0.4, 0.5) is 0 Å². The normalized spacial score (nSPS) is 26.9. The van der Waals surface area contributed by atoms with E-state index in [9.17, 15) is 4.79 Å². The molecule has 17 heavy (non-hydrogen) atoms. The second kappa shape index (κ2) is 7.00. The monoisotopic (exact) mass is 240 g/mol. The third-order valence-electron chi connectivity index (χ3n) is 4.01. The predicted octanol–water partition coefficient (Wildman–Crippen LogP) is 2.44. The molecule has 3 N–H and O–H groups in total. The minimum absolute atomic E-state index is 0.188. The zero-order valence-corrected chi connectivity index (χ0v) is 11.5. The Kier molecular flexibility index (Phi) is 5.96. The lowest BCUT2D eigenvalue weighted by Gasteiger charge is -2.29. The number of nitrogens with one attached hydrogen (secondary N) is 1. The maximum atomic E-state index is 12.0. The highest BCUT2D eigenvalue weighted by atomic mass is 16.1. The van der Waals surface area contributed by atoms with Gasteiger partial charge in [-0.3, -0.25) is 4.79 Å². The molecule has 0 aromatic heterocycles. The van der Waals surface area contributed by atoms with E-state index in [0.29, 0.717) is 24.3 Å². The van der Waals surface area contributed by atoms with Crippen molar-refractivity contribution in [2.45, 2.75) is 71.4 Å². The molecule has 1 rings (SSSR count). The molecule has 3 heteroatoms. The summed E-state index contributed by atoms with van der Waals surface area (Å²) < 4.78 is 0. The summed E-state index contributed by atoms with van der Waals surface area (Å²) >= 11 is 0. The van der Waals surface area contributed by atoms with E-state index in [-0.39, 0.29) is 11.9 Å². The molecule has 0 aromatic carbocycles. The van der Waals surface area contributed by atoms with Crippen molar-refractivity contribution in [2.24, 2.45) is 17.6 Å². The van der Waals surface area contributed by atoms with Crippen molar-refractivity contribution in [1.29, 1.82) is 0 Å². The van der Waals surface area contributed by atoms with Crippen LogP contribution in [0, 0.1) is 11.8 Å². The Balaban J connectivity index is 2.37. The standard InChI is InChI=1S/C14H28N2O/c1-4-13(10(2)3)16-14(17)9-11-7-5-6-8-12(11)15/h10-13H,4-9,15H2,1-3H3,(H,16,17). The smallest absolute Gasteiger partial charge is 0.220 e. The Bertz CT molecular complexity index is 240. The van der Waals surface area contributed by atoms with Gasteiger partial charge in [0.25, 0.3) is 0 Å². The lowest BCUT2D eigenvalue weighted by Crippen LogP contribution is -2.41. The maximum Gasteiger partial charge on any atom is 0.220 e. The van der Waals surface area contributed by atoms with Crippen LogP contribution in [0.1, 0.15) is 59.3 Å². The van der Waals surface area contributed by atoms with E-state index in [4.69, 9.17) is 5.73 Å². The summed E-state index contributed by atoms with van der Waals surface area (Å²) in [5.41, 5.74) is 6.07. The number of carbonyl (C=O) groups is 1. The predicted molar refractivity (Wildman–Crippen MR) is 71.6 cm³/mol. The maximum absolute atomic E-state index is 12.0. The first kappa shape index (κ1) is 14.5. The molecule has 3 unspecified atom stereocenters. The summed E-state index contributed by atoms with van der Waals surface area (Å²) in [7, 11) is 0. The van der Waals surface area contributed by atoms with Gasteiger partial charge in [-0.15, -0.1) is 0 Å². The molecule has 1 aliphatic rings. The SMILES string of the molecule is CCC(NC(=O)CC1CCCCC1N)C(C)C. The van der Waals surface area contributed by atoms with Crippen molar-refractivity contribution in [2.75, 3.05) is 0 Å². The first-order valence-electron chi connectivity index (χ1n) is 7.09. The van der Waals surface area contributed by atoms with Gasteiger partial charge in [-0.1, -0.05) is 33.6 Å². The first-order chi connectivity index (χ1) is 8.04. The van der Waals surface area contributed by atoms with E-state index in [1.165, 1.54) is 12.8 Å². The molecular formula is C14H28N2O. The molecule has 1 amide bonds. The molecule has 0 saturated heterocycles. The minimum Gasteiger partial charge on any atom is -0.353 e.